The van der Waals surface area contributed by atoms with Gasteiger partial charge >= 0.3 is 14.8 Å². The highest BCUT2D eigenvalue weighted by atomic mass is 28.4. The van der Waals surface area contributed by atoms with Gasteiger partial charge in [-0.1, -0.05) is 97.9 Å². The molecule has 5 aromatic carbocycles. The molecule has 2 unspecified atom stereocenters. The molecule has 0 saturated carbocycles. The van der Waals surface area contributed by atoms with Gasteiger partial charge in [0.05, 0.1) is 19.4 Å². The Bertz CT molecular complexity index is 2030. The van der Waals surface area contributed by atoms with Crippen molar-refractivity contribution in [3.05, 3.63) is 166 Å². The second kappa shape index (κ2) is 20.7. The van der Waals surface area contributed by atoms with E-state index in [1.54, 1.807) is 35.4 Å². The van der Waals surface area contributed by atoms with Gasteiger partial charge in [-0.15, -0.1) is 0 Å². The fourth-order valence-electron chi connectivity index (χ4n) is 7.45. The molecule has 2 atom stereocenters. The van der Waals surface area contributed by atoms with Crippen LogP contribution in [0.15, 0.2) is 127 Å². The average Bonchev–Trinajstić information content (AvgIpc) is 3.27. The molecule has 5 aromatic rings. The lowest BCUT2D eigenvalue weighted by atomic mass is 9.71. The van der Waals surface area contributed by atoms with Crippen LogP contribution in [0.3, 0.4) is 0 Å². The number of esters is 1. The van der Waals surface area contributed by atoms with E-state index in [-0.39, 0.29) is 5.78 Å². The molecule has 0 aliphatic carbocycles. The molecule has 10 heteroatoms. The first-order chi connectivity index (χ1) is 28.0. The van der Waals surface area contributed by atoms with E-state index in [1.807, 2.05) is 103 Å². The van der Waals surface area contributed by atoms with Crippen molar-refractivity contribution >= 4 is 20.6 Å². The fourth-order valence-corrected chi connectivity index (χ4v) is 9.17. The summed E-state index contributed by atoms with van der Waals surface area (Å²) >= 11 is 0. The van der Waals surface area contributed by atoms with Gasteiger partial charge in [-0.25, -0.2) is 4.79 Å². The standard InChI is InChI=1S/C48H57NO8Si/c1-36(50)37-15-19-39(20-16-37)47(2,31-11-33-56-35-49-32-12-34-58(53-5,54-6)55-7)40-23-29-45(30-24-40)57-46(51)38-17-21-42(22-18-38)48(3,41-13-9-8-10-14-41)43-25-27-44(52-4)28-26-43/h8-10,13-30,49H,11-12,31-35H2,1-7H3. The average molecular weight is 804 g/mol. The minimum Gasteiger partial charge on any atom is -0.497 e. The van der Waals surface area contributed by atoms with Crippen LogP contribution in [0.4, 0.5) is 0 Å². The molecule has 1 N–H and O–H groups in total. The van der Waals surface area contributed by atoms with E-state index < -0.39 is 25.6 Å². The first kappa shape index (κ1) is 44.2. The van der Waals surface area contributed by atoms with Crippen molar-refractivity contribution in [1.82, 2.24) is 5.32 Å². The van der Waals surface area contributed by atoms with Crippen molar-refractivity contribution in [3.63, 3.8) is 0 Å². The summed E-state index contributed by atoms with van der Waals surface area (Å²) in [6, 6.07) is 42.3. The van der Waals surface area contributed by atoms with Gasteiger partial charge in [-0.3, -0.25) is 10.1 Å². The van der Waals surface area contributed by atoms with E-state index in [4.69, 9.17) is 27.5 Å². The van der Waals surface area contributed by atoms with Crippen LogP contribution in [0.5, 0.6) is 11.5 Å². The quantitative estimate of drug-likeness (QED) is 0.0140. The maximum atomic E-state index is 13.4. The second-order valence-electron chi connectivity index (χ2n) is 14.7. The molecule has 0 aromatic heterocycles. The zero-order valence-corrected chi connectivity index (χ0v) is 35.8. The number of nitrogens with one attached hydrogen (secondary N) is 1. The summed E-state index contributed by atoms with van der Waals surface area (Å²) < 4.78 is 33.7. The lowest BCUT2D eigenvalue weighted by Gasteiger charge is -2.32. The molecule has 0 aliphatic heterocycles. The van der Waals surface area contributed by atoms with Gasteiger partial charge in [0.15, 0.2) is 5.78 Å². The number of hydrogen-bond donors (Lipinski definition) is 1. The summed E-state index contributed by atoms with van der Waals surface area (Å²) in [6.45, 7) is 7.72. The summed E-state index contributed by atoms with van der Waals surface area (Å²) in [6.07, 6.45) is 2.44. The Morgan fingerprint density at radius 1 is 0.603 bits per heavy atom. The normalized spacial score (nSPS) is 13.6. The number of benzene rings is 5. The Hall–Kier alpha value is -4.94. The summed E-state index contributed by atoms with van der Waals surface area (Å²) in [4.78, 5) is 25.5. The fraction of sp³-hybridized carbons (Fsp3) is 0.333. The number of hydrogen-bond acceptors (Lipinski definition) is 9. The van der Waals surface area contributed by atoms with E-state index in [0.29, 0.717) is 30.2 Å². The third-order valence-corrected chi connectivity index (χ3v) is 14.1. The molecule has 0 amide bonds. The summed E-state index contributed by atoms with van der Waals surface area (Å²) in [5.74, 6) is 0.838. The van der Waals surface area contributed by atoms with Gasteiger partial charge in [-0.2, -0.15) is 0 Å². The summed E-state index contributed by atoms with van der Waals surface area (Å²) in [7, 11) is 3.95. The first-order valence-electron chi connectivity index (χ1n) is 19.7. The monoisotopic (exact) mass is 803 g/mol. The third kappa shape index (κ3) is 10.6. The highest BCUT2D eigenvalue weighted by molar-refractivity contribution is 6.60. The highest BCUT2D eigenvalue weighted by Gasteiger charge is 2.37. The lowest BCUT2D eigenvalue weighted by molar-refractivity contribution is 0.0734. The molecule has 0 heterocycles. The molecule has 0 bridgehead atoms. The number of rotatable bonds is 22. The Balaban J connectivity index is 1.24. The number of carbonyl (C=O) groups excluding carboxylic acids is 2. The van der Waals surface area contributed by atoms with Crippen LogP contribution in [0, 0.1) is 0 Å². The van der Waals surface area contributed by atoms with Crippen molar-refractivity contribution in [1.29, 1.82) is 0 Å². The van der Waals surface area contributed by atoms with Crippen molar-refractivity contribution in [2.24, 2.45) is 0 Å². The Morgan fingerprint density at radius 3 is 1.66 bits per heavy atom. The van der Waals surface area contributed by atoms with E-state index in [2.05, 4.69) is 43.4 Å². The van der Waals surface area contributed by atoms with Gasteiger partial charge in [-0.05, 0) is 104 Å². The maximum Gasteiger partial charge on any atom is 0.500 e. The Morgan fingerprint density at radius 2 is 1.10 bits per heavy atom. The van der Waals surface area contributed by atoms with Crippen LogP contribution in [0.25, 0.3) is 0 Å². The van der Waals surface area contributed by atoms with Gasteiger partial charge in [0.25, 0.3) is 0 Å². The molecular formula is C48H57NO8Si. The molecule has 5 rings (SSSR count). The van der Waals surface area contributed by atoms with Gasteiger partial charge < -0.3 is 27.5 Å². The predicted octanol–water partition coefficient (Wildman–Crippen LogP) is 9.39. The molecule has 0 spiro atoms. The van der Waals surface area contributed by atoms with Crippen molar-refractivity contribution in [2.45, 2.75) is 56.9 Å². The zero-order chi connectivity index (χ0) is 41.6. The first-order valence-corrected chi connectivity index (χ1v) is 21.6. The maximum absolute atomic E-state index is 13.4. The van der Waals surface area contributed by atoms with Crippen LogP contribution in [-0.2, 0) is 28.8 Å². The molecule has 58 heavy (non-hydrogen) atoms. The minimum absolute atomic E-state index is 0.0251. The Kier molecular flexibility index (Phi) is 15.7. The molecule has 306 valence electrons. The molecule has 9 nitrogen and oxygen atoms in total. The van der Waals surface area contributed by atoms with Gasteiger partial charge in [0.2, 0.25) is 0 Å². The number of methoxy groups -OCH3 is 1. The molecule has 0 fully saturated rings. The van der Waals surface area contributed by atoms with Crippen molar-refractivity contribution in [2.75, 3.05) is 48.3 Å². The van der Waals surface area contributed by atoms with Gasteiger partial charge in [0.1, 0.15) is 11.5 Å². The van der Waals surface area contributed by atoms with Crippen LogP contribution in [0.1, 0.15) is 88.6 Å². The minimum atomic E-state index is -2.58. The van der Waals surface area contributed by atoms with Crippen molar-refractivity contribution < 1.29 is 37.1 Å². The Labute approximate surface area is 345 Å². The van der Waals surface area contributed by atoms with Crippen LogP contribution >= 0.6 is 0 Å². The number of ether oxygens (including phenoxy) is 3. The summed E-state index contributed by atoms with van der Waals surface area (Å²) in [5, 5.41) is 3.32. The number of carbonyl (C=O) groups is 2. The predicted molar refractivity (Wildman–Crippen MR) is 230 cm³/mol. The molecule has 0 aliphatic rings. The largest absolute Gasteiger partial charge is 0.500 e. The van der Waals surface area contributed by atoms with E-state index >= 15 is 0 Å². The van der Waals surface area contributed by atoms with E-state index in [9.17, 15) is 9.59 Å². The van der Waals surface area contributed by atoms with Crippen molar-refractivity contribution in [3.8, 4) is 11.5 Å². The molecule has 0 radical (unpaired) electrons. The smallest absolute Gasteiger partial charge is 0.497 e. The molecule has 0 saturated heterocycles. The second-order valence-corrected chi connectivity index (χ2v) is 17.8. The van der Waals surface area contributed by atoms with Crippen LogP contribution < -0.4 is 14.8 Å². The lowest BCUT2D eigenvalue weighted by Crippen LogP contribution is -2.43. The molecular weight excluding hydrogens is 747 g/mol. The van der Waals surface area contributed by atoms with Crippen LogP contribution in [-0.4, -0.2) is 68.9 Å². The van der Waals surface area contributed by atoms with E-state index in [1.165, 1.54) is 0 Å². The topological polar surface area (TPSA) is 102 Å². The summed E-state index contributed by atoms with van der Waals surface area (Å²) in [5.41, 5.74) is 5.69. The van der Waals surface area contributed by atoms with Crippen LogP contribution in [0.2, 0.25) is 6.04 Å². The SMILES string of the molecule is COc1ccc(C(C)(c2ccccc2)c2ccc(C(=O)Oc3ccc(C(C)(CCCOCNCCC[Si](OC)(OC)OC)c4ccc(C(C)=O)cc4)cc3)cc2)cc1. The zero-order valence-electron chi connectivity index (χ0n) is 34.8. The number of Topliss-reactive ketones (excluding diaryl/α,β-unsaturated/α-hetero) is 1. The van der Waals surface area contributed by atoms with E-state index in [0.717, 1.165) is 65.4 Å². The highest BCUT2D eigenvalue weighted by Crippen LogP contribution is 2.40. The third-order valence-electron chi connectivity index (χ3n) is 11.3. The number of ketones is 1. The van der Waals surface area contributed by atoms with Gasteiger partial charge in [0, 0.05) is 50.4 Å².